The first-order valence-electron chi connectivity index (χ1n) is 7.46. The van der Waals surface area contributed by atoms with Crippen molar-refractivity contribution in [3.8, 4) is 5.75 Å². The van der Waals surface area contributed by atoms with E-state index in [-0.39, 0.29) is 11.6 Å². The first kappa shape index (κ1) is 15.0. The molecule has 0 bridgehead atoms. The van der Waals surface area contributed by atoms with Crippen molar-refractivity contribution in [1.82, 2.24) is 5.32 Å². The molecular formula is C18H19F2NO. The van der Waals surface area contributed by atoms with Crippen LogP contribution in [0.4, 0.5) is 8.78 Å². The Morgan fingerprint density at radius 2 is 2.00 bits per heavy atom. The van der Waals surface area contributed by atoms with Crippen LogP contribution in [0, 0.1) is 17.6 Å². The van der Waals surface area contributed by atoms with Gasteiger partial charge in [-0.2, -0.15) is 0 Å². The maximum absolute atomic E-state index is 13.5. The van der Waals surface area contributed by atoms with Gasteiger partial charge in [-0.3, -0.25) is 0 Å². The van der Waals surface area contributed by atoms with Crippen LogP contribution in [-0.2, 0) is 6.54 Å². The summed E-state index contributed by atoms with van der Waals surface area (Å²) in [4.78, 5) is 0. The van der Waals surface area contributed by atoms with Gasteiger partial charge in [-0.15, -0.1) is 0 Å². The summed E-state index contributed by atoms with van der Waals surface area (Å²) in [7, 11) is 1.60. The summed E-state index contributed by atoms with van der Waals surface area (Å²) in [5, 5.41) is 3.28. The molecule has 1 aliphatic carbocycles. The molecule has 0 radical (unpaired) electrons. The van der Waals surface area contributed by atoms with Crippen molar-refractivity contribution in [2.75, 3.05) is 13.7 Å². The van der Waals surface area contributed by atoms with E-state index in [1.54, 1.807) is 31.4 Å². The Morgan fingerprint density at radius 1 is 1.18 bits per heavy atom. The molecule has 2 atom stereocenters. The van der Waals surface area contributed by atoms with Gasteiger partial charge in [0, 0.05) is 17.7 Å². The molecule has 116 valence electrons. The van der Waals surface area contributed by atoms with Crippen LogP contribution in [0.15, 0.2) is 42.5 Å². The summed E-state index contributed by atoms with van der Waals surface area (Å²) in [6, 6.07) is 11.4. The van der Waals surface area contributed by atoms with Gasteiger partial charge in [0.25, 0.3) is 0 Å². The van der Waals surface area contributed by atoms with E-state index in [0.29, 0.717) is 23.9 Å². The van der Waals surface area contributed by atoms with Gasteiger partial charge in [0.1, 0.15) is 17.4 Å². The third-order valence-electron chi connectivity index (χ3n) is 4.19. The van der Waals surface area contributed by atoms with Gasteiger partial charge in [0.05, 0.1) is 7.11 Å². The Bertz CT molecular complexity index is 659. The van der Waals surface area contributed by atoms with Crippen LogP contribution in [0.2, 0.25) is 0 Å². The second-order valence-corrected chi connectivity index (χ2v) is 5.71. The van der Waals surface area contributed by atoms with Gasteiger partial charge in [-0.1, -0.05) is 18.2 Å². The Labute approximate surface area is 129 Å². The molecule has 3 rings (SSSR count). The van der Waals surface area contributed by atoms with Crippen LogP contribution in [0.25, 0.3) is 0 Å². The molecule has 1 N–H and O–H groups in total. The third-order valence-corrected chi connectivity index (χ3v) is 4.19. The number of rotatable bonds is 6. The summed E-state index contributed by atoms with van der Waals surface area (Å²) in [6.07, 6.45) is 1.00. The molecule has 4 heteroatoms. The van der Waals surface area contributed by atoms with Crippen LogP contribution in [0.3, 0.4) is 0 Å². The standard InChI is InChI=1S/C18H19F2NO/c1-22-18-7-6-14(19)9-16(18)15-8-13(15)11-21-10-12-4-2-3-5-17(12)20/h2-7,9,13,15,21H,8,10-11H2,1H3/t13-,15+/m0/s1. The maximum atomic E-state index is 13.5. The zero-order chi connectivity index (χ0) is 15.5. The summed E-state index contributed by atoms with van der Waals surface area (Å²) >= 11 is 0. The molecule has 0 aromatic heterocycles. The molecule has 2 aromatic rings. The zero-order valence-corrected chi connectivity index (χ0v) is 12.5. The second kappa shape index (κ2) is 6.44. The van der Waals surface area contributed by atoms with Crippen molar-refractivity contribution < 1.29 is 13.5 Å². The summed E-state index contributed by atoms with van der Waals surface area (Å²) in [5.41, 5.74) is 1.60. The quantitative estimate of drug-likeness (QED) is 0.875. The van der Waals surface area contributed by atoms with Crippen LogP contribution in [-0.4, -0.2) is 13.7 Å². The average molecular weight is 303 g/mol. The predicted octanol–water partition coefficient (Wildman–Crippen LogP) is 3.87. The van der Waals surface area contributed by atoms with Crippen molar-refractivity contribution in [2.45, 2.75) is 18.9 Å². The van der Waals surface area contributed by atoms with E-state index in [9.17, 15) is 8.78 Å². The number of halogens is 2. The molecule has 0 amide bonds. The lowest BCUT2D eigenvalue weighted by molar-refractivity contribution is 0.407. The van der Waals surface area contributed by atoms with Crippen molar-refractivity contribution in [3.63, 3.8) is 0 Å². The van der Waals surface area contributed by atoms with Gasteiger partial charge in [-0.25, -0.2) is 8.78 Å². The highest BCUT2D eigenvalue weighted by Gasteiger charge is 2.39. The molecule has 22 heavy (non-hydrogen) atoms. The van der Waals surface area contributed by atoms with E-state index in [0.717, 1.165) is 24.3 Å². The SMILES string of the molecule is COc1ccc(F)cc1[C@@H]1C[C@H]1CNCc1ccccc1F. The molecule has 0 spiro atoms. The van der Waals surface area contributed by atoms with Crippen LogP contribution < -0.4 is 10.1 Å². The minimum absolute atomic E-state index is 0.186. The molecule has 2 aromatic carbocycles. The molecule has 0 aliphatic heterocycles. The fourth-order valence-electron chi connectivity index (χ4n) is 2.88. The van der Waals surface area contributed by atoms with Crippen molar-refractivity contribution in [3.05, 3.63) is 65.2 Å². The van der Waals surface area contributed by atoms with Gasteiger partial charge < -0.3 is 10.1 Å². The lowest BCUT2D eigenvalue weighted by Crippen LogP contribution is -2.17. The number of ether oxygens (including phenoxy) is 1. The van der Waals surface area contributed by atoms with Crippen molar-refractivity contribution >= 4 is 0 Å². The van der Waals surface area contributed by atoms with Crippen molar-refractivity contribution in [2.24, 2.45) is 5.92 Å². The van der Waals surface area contributed by atoms with Gasteiger partial charge >= 0.3 is 0 Å². The summed E-state index contributed by atoms with van der Waals surface area (Å²) < 4.78 is 32.2. The minimum atomic E-state index is -0.235. The molecule has 0 heterocycles. The molecule has 0 saturated heterocycles. The first-order chi connectivity index (χ1) is 10.7. The smallest absolute Gasteiger partial charge is 0.127 e. The minimum Gasteiger partial charge on any atom is -0.496 e. The van der Waals surface area contributed by atoms with E-state index in [4.69, 9.17) is 4.74 Å². The van der Waals surface area contributed by atoms with E-state index in [2.05, 4.69) is 5.32 Å². The highest BCUT2D eigenvalue weighted by Crippen LogP contribution is 2.50. The van der Waals surface area contributed by atoms with Gasteiger partial charge in [0.15, 0.2) is 0 Å². The summed E-state index contributed by atoms with van der Waals surface area (Å²) in [6.45, 7) is 1.30. The van der Waals surface area contributed by atoms with E-state index >= 15 is 0 Å². The highest BCUT2D eigenvalue weighted by molar-refractivity contribution is 5.40. The Balaban J connectivity index is 1.55. The van der Waals surface area contributed by atoms with Gasteiger partial charge in [0.2, 0.25) is 0 Å². The predicted molar refractivity (Wildman–Crippen MR) is 81.9 cm³/mol. The van der Waals surface area contributed by atoms with E-state index in [1.165, 1.54) is 12.1 Å². The lowest BCUT2D eigenvalue weighted by atomic mass is 10.1. The van der Waals surface area contributed by atoms with E-state index < -0.39 is 0 Å². The lowest BCUT2D eigenvalue weighted by Gasteiger charge is -2.09. The second-order valence-electron chi connectivity index (χ2n) is 5.71. The fourth-order valence-corrected chi connectivity index (χ4v) is 2.88. The summed E-state index contributed by atoms with van der Waals surface area (Å²) in [5.74, 6) is 1.08. The first-order valence-corrected chi connectivity index (χ1v) is 7.46. The fraction of sp³-hybridized carbons (Fsp3) is 0.333. The molecule has 1 aliphatic rings. The van der Waals surface area contributed by atoms with Crippen LogP contribution in [0.1, 0.15) is 23.5 Å². The Hall–Kier alpha value is -1.94. The number of hydrogen-bond acceptors (Lipinski definition) is 2. The molecule has 1 fully saturated rings. The largest absolute Gasteiger partial charge is 0.496 e. The molecule has 2 nitrogen and oxygen atoms in total. The Morgan fingerprint density at radius 3 is 2.77 bits per heavy atom. The van der Waals surface area contributed by atoms with Crippen LogP contribution in [0.5, 0.6) is 5.75 Å². The zero-order valence-electron chi connectivity index (χ0n) is 12.5. The molecular weight excluding hydrogens is 284 g/mol. The average Bonchev–Trinajstić information content (AvgIpc) is 3.28. The number of nitrogens with one attached hydrogen (secondary N) is 1. The Kier molecular flexibility index (Phi) is 4.39. The van der Waals surface area contributed by atoms with E-state index in [1.807, 2.05) is 6.07 Å². The monoisotopic (exact) mass is 303 g/mol. The number of benzene rings is 2. The topological polar surface area (TPSA) is 21.3 Å². The van der Waals surface area contributed by atoms with Crippen molar-refractivity contribution in [1.29, 1.82) is 0 Å². The molecule has 0 unspecified atom stereocenters. The maximum Gasteiger partial charge on any atom is 0.127 e. The normalized spacial score (nSPS) is 20.0. The number of methoxy groups -OCH3 is 1. The number of hydrogen-bond donors (Lipinski definition) is 1. The molecule has 1 saturated carbocycles. The van der Waals surface area contributed by atoms with Gasteiger partial charge in [-0.05, 0) is 49.1 Å². The van der Waals surface area contributed by atoms with Crippen LogP contribution >= 0.6 is 0 Å². The highest BCUT2D eigenvalue weighted by atomic mass is 19.1. The third kappa shape index (κ3) is 3.28.